The van der Waals surface area contributed by atoms with E-state index in [0.717, 1.165) is 17.7 Å². The van der Waals surface area contributed by atoms with E-state index in [4.69, 9.17) is 19.9 Å². The molecule has 0 bridgehead atoms. The monoisotopic (exact) mass is 209 g/mol. The van der Waals surface area contributed by atoms with Crippen LogP contribution in [0, 0.1) is 0 Å². The van der Waals surface area contributed by atoms with Crippen LogP contribution in [0.25, 0.3) is 0 Å². The first-order valence-electron chi connectivity index (χ1n) is 4.88. The molecule has 0 spiro atoms. The number of fused-ring (bicyclic) bond motifs is 1. The zero-order valence-electron chi connectivity index (χ0n) is 8.95. The van der Waals surface area contributed by atoms with Crippen LogP contribution in [0.1, 0.15) is 5.56 Å². The predicted octanol–water partition coefficient (Wildman–Crippen LogP) is 0.966. The van der Waals surface area contributed by atoms with Crippen LogP contribution >= 0.6 is 0 Å². The van der Waals surface area contributed by atoms with Crippen molar-refractivity contribution in [1.29, 1.82) is 0 Å². The lowest BCUT2D eigenvalue weighted by atomic mass is 10.0. The number of hydrogen-bond donors (Lipinski definition) is 1. The first-order valence-corrected chi connectivity index (χ1v) is 4.88. The molecule has 1 aliphatic heterocycles. The van der Waals surface area contributed by atoms with Gasteiger partial charge in [-0.2, -0.15) is 0 Å². The first kappa shape index (κ1) is 10.1. The number of rotatable bonds is 2. The lowest BCUT2D eigenvalue weighted by Gasteiger charge is -2.23. The summed E-state index contributed by atoms with van der Waals surface area (Å²) in [4.78, 5) is 0. The Morgan fingerprint density at radius 1 is 1.27 bits per heavy atom. The van der Waals surface area contributed by atoms with Gasteiger partial charge in [0.15, 0.2) is 11.5 Å². The van der Waals surface area contributed by atoms with E-state index in [1.165, 1.54) is 0 Å². The topological polar surface area (TPSA) is 53.7 Å². The van der Waals surface area contributed by atoms with Gasteiger partial charge in [-0.3, -0.25) is 0 Å². The van der Waals surface area contributed by atoms with Crippen molar-refractivity contribution in [2.75, 3.05) is 20.8 Å². The predicted molar refractivity (Wildman–Crippen MR) is 56.7 cm³/mol. The molecule has 2 N–H and O–H groups in total. The molecule has 1 aromatic rings. The first-order chi connectivity index (χ1) is 7.24. The third kappa shape index (κ3) is 1.85. The molecule has 82 valence electrons. The number of benzene rings is 1. The summed E-state index contributed by atoms with van der Waals surface area (Å²) in [5.74, 6) is 2.25. The highest BCUT2D eigenvalue weighted by Crippen LogP contribution is 2.36. The second kappa shape index (κ2) is 3.98. The Balaban J connectivity index is 2.41. The summed E-state index contributed by atoms with van der Waals surface area (Å²) in [6.07, 6.45) is 0.815. The summed E-state index contributed by atoms with van der Waals surface area (Å²) < 4.78 is 15.9. The van der Waals surface area contributed by atoms with Gasteiger partial charge in [-0.15, -0.1) is 0 Å². The molecule has 0 aromatic heterocycles. The van der Waals surface area contributed by atoms with E-state index in [-0.39, 0.29) is 6.04 Å². The molecule has 0 fully saturated rings. The van der Waals surface area contributed by atoms with Gasteiger partial charge in [-0.25, -0.2) is 0 Å². The molecule has 2 rings (SSSR count). The molecule has 0 saturated heterocycles. The van der Waals surface area contributed by atoms with Gasteiger partial charge >= 0.3 is 0 Å². The molecule has 0 saturated carbocycles. The molecular weight excluding hydrogens is 194 g/mol. The summed E-state index contributed by atoms with van der Waals surface area (Å²) in [5, 5.41) is 0. The van der Waals surface area contributed by atoms with Crippen LogP contribution in [0.2, 0.25) is 0 Å². The Hall–Kier alpha value is -1.42. The zero-order chi connectivity index (χ0) is 10.8. The van der Waals surface area contributed by atoms with E-state index in [9.17, 15) is 0 Å². The number of methoxy groups -OCH3 is 2. The molecule has 1 unspecified atom stereocenters. The Labute approximate surface area is 88.9 Å². The maximum absolute atomic E-state index is 5.81. The van der Waals surface area contributed by atoms with Crippen molar-refractivity contribution in [3.63, 3.8) is 0 Å². The fourth-order valence-corrected chi connectivity index (χ4v) is 1.73. The van der Waals surface area contributed by atoms with Crippen molar-refractivity contribution in [3.8, 4) is 17.2 Å². The quantitative estimate of drug-likeness (QED) is 0.788. The van der Waals surface area contributed by atoms with Crippen molar-refractivity contribution >= 4 is 0 Å². The molecule has 1 heterocycles. The molecule has 4 nitrogen and oxygen atoms in total. The SMILES string of the molecule is COc1cc2c(cc1OC)OCC(N)C2. The molecule has 1 atom stereocenters. The van der Waals surface area contributed by atoms with Crippen LogP contribution in [0.4, 0.5) is 0 Å². The van der Waals surface area contributed by atoms with Crippen LogP contribution < -0.4 is 19.9 Å². The van der Waals surface area contributed by atoms with Crippen LogP contribution in [-0.2, 0) is 6.42 Å². The Morgan fingerprint density at radius 3 is 2.60 bits per heavy atom. The molecule has 0 radical (unpaired) electrons. The van der Waals surface area contributed by atoms with Crippen LogP contribution in [0.3, 0.4) is 0 Å². The van der Waals surface area contributed by atoms with Gasteiger partial charge in [0, 0.05) is 12.1 Å². The Bertz CT molecular complexity index is 365. The average molecular weight is 209 g/mol. The third-order valence-corrected chi connectivity index (χ3v) is 2.50. The summed E-state index contributed by atoms with van der Waals surface area (Å²) in [5.41, 5.74) is 6.89. The van der Waals surface area contributed by atoms with Crippen molar-refractivity contribution in [2.45, 2.75) is 12.5 Å². The second-order valence-electron chi connectivity index (χ2n) is 3.59. The minimum Gasteiger partial charge on any atom is -0.493 e. The van der Waals surface area contributed by atoms with Crippen molar-refractivity contribution in [3.05, 3.63) is 17.7 Å². The molecule has 1 aromatic carbocycles. The van der Waals surface area contributed by atoms with E-state index in [2.05, 4.69) is 0 Å². The van der Waals surface area contributed by atoms with Crippen LogP contribution in [0.5, 0.6) is 17.2 Å². The lowest BCUT2D eigenvalue weighted by Crippen LogP contribution is -2.33. The fourth-order valence-electron chi connectivity index (χ4n) is 1.73. The maximum atomic E-state index is 5.81. The zero-order valence-corrected chi connectivity index (χ0v) is 8.95. The van der Waals surface area contributed by atoms with E-state index < -0.39 is 0 Å². The van der Waals surface area contributed by atoms with Gasteiger partial charge in [0.25, 0.3) is 0 Å². The minimum atomic E-state index is 0.0654. The standard InChI is InChI=1S/C11H15NO3/c1-13-10-4-7-3-8(12)6-15-9(7)5-11(10)14-2/h4-5,8H,3,6,12H2,1-2H3. The summed E-state index contributed by atoms with van der Waals surface area (Å²) in [6.45, 7) is 0.558. The highest BCUT2D eigenvalue weighted by molar-refractivity contribution is 5.51. The highest BCUT2D eigenvalue weighted by Gasteiger charge is 2.19. The van der Waals surface area contributed by atoms with Crippen LogP contribution in [0.15, 0.2) is 12.1 Å². The summed E-state index contributed by atoms with van der Waals surface area (Å²) in [7, 11) is 3.23. The highest BCUT2D eigenvalue weighted by atomic mass is 16.5. The van der Waals surface area contributed by atoms with Gasteiger partial charge in [0.1, 0.15) is 12.4 Å². The minimum absolute atomic E-state index is 0.0654. The molecule has 4 heteroatoms. The smallest absolute Gasteiger partial charge is 0.164 e. The molecule has 1 aliphatic rings. The Kier molecular flexibility index (Phi) is 2.68. The van der Waals surface area contributed by atoms with Crippen molar-refractivity contribution < 1.29 is 14.2 Å². The van der Waals surface area contributed by atoms with E-state index >= 15 is 0 Å². The van der Waals surface area contributed by atoms with E-state index in [1.807, 2.05) is 12.1 Å². The molecular formula is C11H15NO3. The van der Waals surface area contributed by atoms with Crippen LogP contribution in [-0.4, -0.2) is 26.9 Å². The third-order valence-electron chi connectivity index (χ3n) is 2.50. The number of nitrogens with two attached hydrogens (primary N) is 1. The van der Waals surface area contributed by atoms with E-state index in [1.54, 1.807) is 14.2 Å². The largest absolute Gasteiger partial charge is 0.493 e. The van der Waals surface area contributed by atoms with Crippen molar-refractivity contribution in [2.24, 2.45) is 5.73 Å². The summed E-state index contributed by atoms with van der Waals surface area (Å²) in [6, 6.07) is 3.84. The fraction of sp³-hybridized carbons (Fsp3) is 0.455. The Morgan fingerprint density at radius 2 is 1.93 bits per heavy atom. The second-order valence-corrected chi connectivity index (χ2v) is 3.59. The van der Waals surface area contributed by atoms with E-state index in [0.29, 0.717) is 18.1 Å². The summed E-state index contributed by atoms with van der Waals surface area (Å²) >= 11 is 0. The lowest BCUT2D eigenvalue weighted by molar-refractivity contribution is 0.259. The maximum Gasteiger partial charge on any atom is 0.164 e. The number of hydrogen-bond acceptors (Lipinski definition) is 4. The van der Waals surface area contributed by atoms with Gasteiger partial charge in [-0.1, -0.05) is 0 Å². The van der Waals surface area contributed by atoms with Crippen molar-refractivity contribution in [1.82, 2.24) is 0 Å². The van der Waals surface area contributed by atoms with Gasteiger partial charge in [-0.05, 0) is 18.1 Å². The molecule has 0 amide bonds. The molecule has 0 aliphatic carbocycles. The van der Waals surface area contributed by atoms with Gasteiger partial charge in [0.05, 0.1) is 14.2 Å². The number of ether oxygens (including phenoxy) is 3. The molecule has 15 heavy (non-hydrogen) atoms. The van der Waals surface area contributed by atoms with Gasteiger partial charge < -0.3 is 19.9 Å². The normalized spacial score (nSPS) is 19.0. The van der Waals surface area contributed by atoms with Gasteiger partial charge in [0.2, 0.25) is 0 Å². The average Bonchev–Trinajstić information content (AvgIpc) is 2.27.